The molecule has 3 N–H and O–H groups in total. The Morgan fingerprint density at radius 1 is 1.21 bits per heavy atom. The number of carboxylic acid groups (broad SMARTS) is 2. The summed E-state index contributed by atoms with van der Waals surface area (Å²) in [7, 11) is 2.62. The molecule has 0 heterocycles. The Balaban J connectivity index is 2.09. The number of carbonyl (C=O) groups excluding carboxylic acids is 1. The van der Waals surface area contributed by atoms with E-state index in [2.05, 4.69) is 0 Å². The second-order valence-electron chi connectivity index (χ2n) is 5.57. The van der Waals surface area contributed by atoms with E-state index in [4.69, 9.17) is 24.4 Å². The third-order valence-electron chi connectivity index (χ3n) is 3.86. The van der Waals surface area contributed by atoms with Crippen molar-refractivity contribution in [1.29, 1.82) is 0 Å². The van der Waals surface area contributed by atoms with E-state index in [1.807, 2.05) is 5.32 Å². The first-order chi connectivity index (χ1) is 13.2. The molecule has 1 aromatic rings. The van der Waals surface area contributed by atoms with Crippen LogP contribution in [0.5, 0.6) is 11.5 Å². The minimum Gasteiger partial charge on any atom is -0.493 e. The minimum absolute atomic E-state index is 0.00838. The second kappa shape index (κ2) is 8.24. The van der Waals surface area contributed by atoms with E-state index in [0.29, 0.717) is 0 Å². The van der Waals surface area contributed by atoms with Crippen LogP contribution < -0.4 is 14.8 Å². The average Bonchev–Trinajstić information content (AvgIpc) is 3.43. The molecule has 1 aromatic carbocycles. The molecule has 1 aliphatic carbocycles. The minimum atomic E-state index is -1.58. The summed E-state index contributed by atoms with van der Waals surface area (Å²) < 4.78 is 14.9. The van der Waals surface area contributed by atoms with Gasteiger partial charge in [-0.2, -0.15) is 0 Å². The Bertz CT molecular complexity index is 863. The molecule has 28 heavy (non-hydrogen) atoms. The van der Waals surface area contributed by atoms with Gasteiger partial charge in [0.2, 0.25) is 0 Å². The van der Waals surface area contributed by atoms with Crippen molar-refractivity contribution in [1.82, 2.24) is 5.32 Å². The predicted molar refractivity (Wildman–Crippen MR) is 90.2 cm³/mol. The van der Waals surface area contributed by atoms with Gasteiger partial charge in [0.1, 0.15) is 6.61 Å². The highest BCUT2D eigenvalue weighted by Gasteiger charge is 2.41. The van der Waals surface area contributed by atoms with E-state index < -0.39 is 47.2 Å². The molecule has 12 nitrogen and oxygen atoms in total. The molecule has 150 valence electrons. The lowest BCUT2D eigenvalue weighted by Crippen LogP contribution is -2.41. The molecule has 0 fully saturated rings. The summed E-state index contributed by atoms with van der Waals surface area (Å²) in [5.74, 6) is -3.49. The van der Waals surface area contributed by atoms with E-state index in [-0.39, 0.29) is 22.6 Å². The number of carboxylic acids is 2. The zero-order valence-electron chi connectivity index (χ0n) is 14.7. The van der Waals surface area contributed by atoms with E-state index in [1.54, 1.807) is 0 Å². The number of nitro benzene ring substituents is 1. The van der Waals surface area contributed by atoms with Gasteiger partial charge in [-0.05, 0) is 11.6 Å². The molecule has 1 amide bonds. The van der Waals surface area contributed by atoms with Crippen LogP contribution >= 0.6 is 0 Å². The molecule has 0 aromatic heterocycles. The van der Waals surface area contributed by atoms with Crippen LogP contribution in [0.3, 0.4) is 0 Å². The van der Waals surface area contributed by atoms with Crippen molar-refractivity contribution < 1.29 is 43.7 Å². The number of nitrogens with zero attached hydrogens (tertiary/aromatic N) is 1. The Morgan fingerprint density at radius 2 is 1.82 bits per heavy atom. The normalized spacial score (nSPS) is 15.6. The quantitative estimate of drug-likeness (QED) is 0.309. The first kappa shape index (κ1) is 20.5. The predicted octanol–water partition coefficient (Wildman–Crippen LogP) is 0.932. The molecule has 0 aliphatic heterocycles. The number of aliphatic carboxylic acids is 2. The maximum atomic E-state index is 11.9. The van der Waals surface area contributed by atoms with Gasteiger partial charge in [0.05, 0.1) is 36.7 Å². The number of rotatable bonds is 9. The smallest absolute Gasteiger partial charge is 0.408 e. The number of nitrogens with one attached hydrogen (secondary N) is 1. The highest BCUT2D eigenvalue weighted by atomic mass is 16.6. The highest BCUT2D eigenvalue weighted by molar-refractivity contribution is 5.91. The van der Waals surface area contributed by atoms with Crippen LogP contribution in [0.25, 0.3) is 0 Å². The number of hydrogen-bond acceptors (Lipinski definition) is 8. The molecule has 2 atom stereocenters. The van der Waals surface area contributed by atoms with Crippen LogP contribution in [-0.2, 0) is 20.9 Å². The number of alkyl carbamates (subject to hydrolysis) is 1. The Morgan fingerprint density at radius 3 is 2.29 bits per heavy atom. The maximum absolute atomic E-state index is 11.9. The van der Waals surface area contributed by atoms with Crippen LogP contribution in [0.1, 0.15) is 5.56 Å². The molecule has 12 heteroatoms. The monoisotopic (exact) mass is 396 g/mol. The number of benzene rings is 1. The molecule has 0 spiro atoms. The van der Waals surface area contributed by atoms with Crippen molar-refractivity contribution in [3.63, 3.8) is 0 Å². The van der Waals surface area contributed by atoms with E-state index in [1.165, 1.54) is 26.4 Å². The van der Waals surface area contributed by atoms with Crippen LogP contribution in [-0.4, -0.2) is 53.4 Å². The van der Waals surface area contributed by atoms with Crippen molar-refractivity contribution in [2.24, 2.45) is 5.92 Å². The number of methoxy groups -OCH3 is 2. The Hall–Kier alpha value is -3.83. The van der Waals surface area contributed by atoms with Gasteiger partial charge < -0.3 is 29.7 Å². The van der Waals surface area contributed by atoms with Gasteiger partial charge in [0, 0.05) is 0 Å². The maximum Gasteiger partial charge on any atom is 0.408 e. The SMILES string of the molecule is COc1cc(COC(=O)N[C@H](C(=O)O)C2=CC2C(=O)O)c([N+](=O)[O-])cc1OC. The molecule has 1 aliphatic rings. The third-order valence-corrected chi connectivity index (χ3v) is 3.86. The molecule has 2 rings (SSSR count). The molecule has 1 unspecified atom stereocenters. The molecule has 0 radical (unpaired) electrons. The van der Waals surface area contributed by atoms with Gasteiger partial charge in [-0.25, -0.2) is 9.59 Å². The van der Waals surface area contributed by atoms with Crippen molar-refractivity contribution >= 4 is 23.7 Å². The van der Waals surface area contributed by atoms with Gasteiger partial charge in [-0.1, -0.05) is 6.08 Å². The van der Waals surface area contributed by atoms with Gasteiger partial charge in [-0.15, -0.1) is 0 Å². The largest absolute Gasteiger partial charge is 0.493 e. The first-order valence-corrected chi connectivity index (χ1v) is 7.69. The topological polar surface area (TPSA) is 175 Å². The summed E-state index contributed by atoms with van der Waals surface area (Å²) in [6, 6.07) is 0.777. The number of amides is 1. The highest BCUT2D eigenvalue weighted by Crippen LogP contribution is 2.35. The van der Waals surface area contributed by atoms with Gasteiger partial charge in [0.25, 0.3) is 5.69 Å². The third kappa shape index (κ3) is 4.47. The summed E-state index contributed by atoms with van der Waals surface area (Å²) in [6.45, 7) is -0.559. The van der Waals surface area contributed by atoms with Gasteiger partial charge in [0.15, 0.2) is 17.5 Å². The van der Waals surface area contributed by atoms with Crippen LogP contribution in [0.4, 0.5) is 10.5 Å². The molecular weight excluding hydrogens is 380 g/mol. The van der Waals surface area contributed by atoms with Crippen LogP contribution in [0.15, 0.2) is 23.8 Å². The van der Waals surface area contributed by atoms with Gasteiger partial charge in [-0.3, -0.25) is 14.9 Å². The zero-order valence-corrected chi connectivity index (χ0v) is 14.7. The average molecular weight is 396 g/mol. The lowest BCUT2D eigenvalue weighted by molar-refractivity contribution is -0.385. The standard InChI is InChI=1S/C16H16N2O10/c1-26-11-3-7(10(18(24)25)5-12(11)27-2)6-28-16(23)17-13(15(21)22)8-4-9(8)14(19)20/h3-5,9,13H,6H2,1-2H3,(H,17,23)(H,19,20)(H,21,22)/t9?,13-/m0/s1. The number of ether oxygens (including phenoxy) is 3. The summed E-state index contributed by atoms with van der Waals surface area (Å²) in [6.07, 6.45) is -0.00552. The Kier molecular flexibility index (Phi) is 6.03. The van der Waals surface area contributed by atoms with Crippen molar-refractivity contribution in [3.8, 4) is 11.5 Å². The van der Waals surface area contributed by atoms with Crippen LogP contribution in [0, 0.1) is 16.0 Å². The summed E-state index contributed by atoms with van der Waals surface area (Å²) in [4.78, 5) is 44.5. The van der Waals surface area contributed by atoms with Crippen molar-refractivity contribution in [3.05, 3.63) is 39.5 Å². The summed E-state index contributed by atoms with van der Waals surface area (Å²) >= 11 is 0. The molecule has 0 bridgehead atoms. The summed E-state index contributed by atoms with van der Waals surface area (Å²) in [5.41, 5.74) is -0.399. The fourth-order valence-electron chi connectivity index (χ4n) is 2.42. The van der Waals surface area contributed by atoms with E-state index in [0.717, 1.165) is 6.07 Å². The van der Waals surface area contributed by atoms with Crippen molar-refractivity contribution in [2.45, 2.75) is 12.6 Å². The zero-order chi connectivity index (χ0) is 21.0. The van der Waals surface area contributed by atoms with Gasteiger partial charge >= 0.3 is 18.0 Å². The molecule has 0 saturated heterocycles. The van der Waals surface area contributed by atoms with Crippen molar-refractivity contribution in [2.75, 3.05) is 14.2 Å². The molecule has 0 saturated carbocycles. The lowest BCUT2D eigenvalue weighted by Gasteiger charge is -2.14. The summed E-state index contributed by atoms with van der Waals surface area (Å²) in [5, 5.41) is 31.2. The lowest BCUT2D eigenvalue weighted by atomic mass is 10.1. The van der Waals surface area contributed by atoms with E-state index in [9.17, 15) is 24.5 Å². The Labute approximate surface area is 157 Å². The number of nitro groups is 1. The first-order valence-electron chi connectivity index (χ1n) is 7.69. The molecular formula is C16H16N2O10. The number of carbonyl (C=O) groups is 3. The second-order valence-corrected chi connectivity index (χ2v) is 5.57. The van der Waals surface area contributed by atoms with E-state index >= 15 is 0 Å². The number of hydrogen-bond donors (Lipinski definition) is 3. The fraction of sp³-hybridized carbons (Fsp3) is 0.312. The fourth-order valence-corrected chi connectivity index (χ4v) is 2.42. The van der Waals surface area contributed by atoms with Crippen LogP contribution in [0.2, 0.25) is 0 Å².